The Morgan fingerprint density at radius 2 is 2.18 bits per heavy atom. The summed E-state index contributed by atoms with van der Waals surface area (Å²) in [6, 6.07) is 8.32. The molecule has 0 amide bonds. The molecule has 0 spiro atoms. The molecule has 0 radical (unpaired) electrons. The number of hydrogen-bond acceptors (Lipinski definition) is 4. The van der Waals surface area contributed by atoms with Crippen molar-refractivity contribution >= 4 is 34.4 Å². The zero-order valence-electron chi connectivity index (χ0n) is 8.90. The predicted molar refractivity (Wildman–Crippen MR) is 68.5 cm³/mol. The van der Waals surface area contributed by atoms with E-state index in [1.807, 2.05) is 6.07 Å². The minimum absolute atomic E-state index is 0.334. The van der Waals surface area contributed by atoms with E-state index in [2.05, 4.69) is 5.32 Å². The SMILES string of the molecule is Cn1sc(Nc2ccccc2F)c(C#N)c1=S. The van der Waals surface area contributed by atoms with Crippen molar-refractivity contribution < 1.29 is 4.39 Å². The Morgan fingerprint density at radius 1 is 1.47 bits per heavy atom. The fourth-order valence-electron chi connectivity index (χ4n) is 1.35. The molecule has 17 heavy (non-hydrogen) atoms. The van der Waals surface area contributed by atoms with Gasteiger partial charge < -0.3 is 5.32 Å². The van der Waals surface area contributed by atoms with E-state index in [4.69, 9.17) is 17.5 Å². The van der Waals surface area contributed by atoms with Crippen LogP contribution in [0.5, 0.6) is 0 Å². The Hall–Kier alpha value is -1.71. The third-order valence-corrected chi connectivity index (χ3v) is 3.73. The molecule has 1 aromatic carbocycles. The van der Waals surface area contributed by atoms with E-state index in [1.165, 1.54) is 17.6 Å². The first-order chi connectivity index (χ1) is 8.13. The minimum atomic E-state index is -0.363. The van der Waals surface area contributed by atoms with Crippen LogP contribution < -0.4 is 5.32 Å². The predicted octanol–water partition coefficient (Wildman–Crippen LogP) is 3.57. The highest BCUT2D eigenvalue weighted by Crippen LogP contribution is 2.28. The molecule has 3 nitrogen and oxygen atoms in total. The van der Waals surface area contributed by atoms with Crippen molar-refractivity contribution in [3.8, 4) is 6.07 Å². The highest BCUT2D eigenvalue weighted by Gasteiger charge is 2.11. The summed E-state index contributed by atoms with van der Waals surface area (Å²) in [7, 11) is 1.76. The van der Waals surface area contributed by atoms with Crippen molar-refractivity contribution in [1.82, 2.24) is 3.96 Å². The van der Waals surface area contributed by atoms with Crippen molar-refractivity contribution in [3.05, 3.63) is 40.3 Å². The lowest BCUT2D eigenvalue weighted by Gasteiger charge is -2.04. The van der Waals surface area contributed by atoms with Crippen LogP contribution >= 0.6 is 23.8 Å². The average Bonchev–Trinajstić information content (AvgIpc) is 2.58. The zero-order chi connectivity index (χ0) is 12.4. The molecule has 0 bridgehead atoms. The van der Waals surface area contributed by atoms with Gasteiger partial charge in [0.15, 0.2) is 0 Å². The molecule has 0 fully saturated rings. The van der Waals surface area contributed by atoms with Gasteiger partial charge in [0.05, 0.1) is 5.69 Å². The van der Waals surface area contributed by atoms with Crippen LogP contribution in [0, 0.1) is 21.8 Å². The normalized spacial score (nSPS) is 9.94. The monoisotopic (exact) mass is 265 g/mol. The number of para-hydroxylation sites is 1. The lowest BCUT2D eigenvalue weighted by molar-refractivity contribution is 0.632. The zero-order valence-corrected chi connectivity index (χ0v) is 10.5. The van der Waals surface area contributed by atoms with Gasteiger partial charge in [-0.25, -0.2) is 4.39 Å². The second-order valence-corrected chi connectivity index (χ2v) is 4.84. The number of benzene rings is 1. The number of rotatable bonds is 2. The summed E-state index contributed by atoms with van der Waals surface area (Å²) in [5.41, 5.74) is 0.705. The van der Waals surface area contributed by atoms with Crippen molar-refractivity contribution in [2.75, 3.05) is 5.32 Å². The number of halogens is 1. The van der Waals surface area contributed by atoms with Crippen LogP contribution in [0.1, 0.15) is 5.56 Å². The van der Waals surface area contributed by atoms with E-state index in [0.29, 0.717) is 20.9 Å². The minimum Gasteiger partial charge on any atom is -0.342 e. The van der Waals surface area contributed by atoms with Crippen LogP contribution in [0.3, 0.4) is 0 Å². The number of anilines is 2. The molecule has 0 saturated heterocycles. The van der Waals surface area contributed by atoms with Crippen LogP contribution in [0.25, 0.3) is 0 Å². The maximum atomic E-state index is 13.4. The van der Waals surface area contributed by atoms with Crippen LogP contribution in [-0.4, -0.2) is 3.96 Å². The van der Waals surface area contributed by atoms with Gasteiger partial charge in [-0.2, -0.15) is 5.26 Å². The highest BCUT2D eigenvalue weighted by molar-refractivity contribution is 7.71. The smallest absolute Gasteiger partial charge is 0.146 e. The molecule has 2 aromatic rings. The lowest BCUT2D eigenvalue weighted by Crippen LogP contribution is -1.92. The molecule has 1 aromatic heterocycles. The summed E-state index contributed by atoms with van der Waals surface area (Å²) in [6.45, 7) is 0. The summed E-state index contributed by atoms with van der Waals surface area (Å²) in [4.78, 5) is 0. The largest absolute Gasteiger partial charge is 0.342 e. The molecule has 0 unspecified atom stereocenters. The highest BCUT2D eigenvalue weighted by atomic mass is 32.1. The molecule has 1 N–H and O–H groups in total. The molecule has 6 heteroatoms. The van der Waals surface area contributed by atoms with E-state index in [-0.39, 0.29) is 5.82 Å². The lowest BCUT2D eigenvalue weighted by atomic mass is 10.3. The van der Waals surface area contributed by atoms with Crippen molar-refractivity contribution in [3.63, 3.8) is 0 Å². The Morgan fingerprint density at radius 3 is 2.82 bits per heavy atom. The van der Waals surface area contributed by atoms with Crippen LogP contribution in [0.2, 0.25) is 0 Å². The van der Waals surface area contributed by atoms with E-state index in [9.17, 15) is 4.39 Å². The average molecular weight is 265 g/mol. The first kappa shape index (κ1) is 11.8. The van der Waals surface area contributed by atoms with Gasteiger partial charge in [-0.3, -0.25) is 3.96 Å². The second kappa shape index (κ2) is 4.65. The topological polar surface area (TPSA) is 40.8 Å². The van der Waals surface area contributed by atoms with Crippen LogP contribution in [-0.2, 0) is 7.05 Å². The van der Waals surface area contributed by atoms with E-state index >= 15 is 0 Å². The molecule has 0 aliphatic carbocycles. The molecule has 0 atom stereocenters. The van der Waals surface area contributed by atoms with Crippen molar-refractivity contribution in [2.24, 2.45) is 7.05 Å². The third kappa shape index (κ3) is 2.20. The van der Waals surface area contributed by atoms with Gasteiger partial charge in [0.25, 0.3) is 0 Å². The van der Waals surface area contributed by atoms with Gasteiger partial charge in [-0.05, 0) is 23.7 Å². The van der Waals surface area contributed by atoms with Crippen LogP contribution in [0.15, 0.2) is 24.3 Å². The Kier molecular flexibility index (Phi) is 3.22. The van der Waals surface area contributed by atoms with Gasteiger partial charge >= 0.3 is 0 Å². The molecule has 0 saturated carbocycles. The third-order valence-electron chi connectivity index (χ3n) is 2.19. The summed E-state index contributed by atoms with van der Waals surface area (Å²) >= 11 is 6.36. The Bertz CT molecular complexity index is 651. The molecule has 0 aliphatic rings. The molecule has 0 aliphatic heterocycles. The maximum absolute atomic E-state index is 13.4. The van der Waals surface area contributed by atoms with E-state index in [0.717, 1.165) is 0 Å². The van der Waals surface area contributed by atoms with Gasteiger partial charge in [0.1, 0.15) is 27.1 Å². The number of aromatic nitrogens is 1. The fraction of sp³-hybridized carbons (Fsp3) is 0.0909. The van der Waals surface area contributed by atoms with Crippen LogP contribution in [0.4, 0.5) is 15.1 Å². The van der Waals surface area contributed by atoms with Gasteiger partial charge in [-0.1, -0.05) is 24.4 Å². The van der Waals surface area contributed by atoms with Crippen molar-refractivity contribution in [2.45, 2.75) is 0 Å². The number of nitriles is 1. The molecule has 2 rings (SSSR count). The second-order valence-electron chi connectivity index (χ2n) is 3.31. The van der Waals surface area contributed by atoms with Gasteiger partial charge in [0, 0.05) is 7.05 Å². The maximum Gasteiger partial charge on any atom is 0.146 e. The number of aryl methyl sites for hydroxylation is 1. The summed E-state index contributed by atoms with van der Waals surface area (Å²) in [5.74, 6) is -0.363. The first-order valence-corrected chi connectivity index (χ1v) is 5.93. The van der Waals surface area contributed by atoms with Crippen molar-refractivity contribution in [1.29, 1.82) is 5.26 Å². The Balaban J connectivity index is 2.45. The quantitative estimate of drug-likeness (QED) is 0.844. The first-order valence-electron chi connectivity index (χ1n) is 4.75. The molecule has 86 valence electrons. The number of nitrogens with zero attached hydrogens (tertiary/aromatic N) is 2. The van der Waals surface area contributed by atoms with E-state index < -0.39 is 0 Å². The van der Waals surface area contributed by atoms with Gasteiger partial charge in [-0.15, -0.1) is 0 Å². The number of hydrogen-bond donors (Lipinski definition) is 1. The summed E-state index contributed by atoms with van der Waals surface area (Å²) in [6.07, 6.45) is 0. The van der Waals surface area contributed by atoms with E-state index in [1.54, 1.807) is 29.2 Å². The number of nitrogens with one attached hydrogen (secondary N) is 1. The molecular weight excluding hydrogens is 257 g/mol. The molecule has 1 heterocycles. The summed E-state index contributed by atoms with van der Waals surface area (Å²) < 4.78 is 15.6. The summed E-state index contributed by atoms with van der Waals surface area (Å²) in [5, 5.41) is 12.5. The Labute approximate surface area is 107 Å². The standard InChI is InChI=1S/C11H8FN3S2/c1-15-11(16)7(6-13)10(17-15)14-9-5-3-2-4-8(9)12/h2-5,14H,1H3. The van der Waals surface area contributed by atoms with Gasteiger partial charge in [0.2, 0.25) is 0 Å². The molecular formula is C11H8FN3S2. The fourth-order valence-corrected chi connectivity index (χ4v) is 2.51.